The summed E-state index contributed by atoms with van der Waals surface area (Å²) in [5.41, 5.74) is 0.716. The van der Waals surface area contributed by atoms with Gasteiger partial charge in [0.1, 0.15) is 5.82 Å². The van der Waals surface area contributed by atoms with Crippen LogP contribution >= 0.6 is 0 Å². The Labute approximate surface area is 95.9 Å². The van der Waals surface area contributed by atoms with E-state index >= 15 is 0 Å². The number of halogens is 1. The van der Waals surface area contributed by atoms with Gasteiger partial charge in [-0.15, -0.1) is 0 Å². The first kappa shape index (κ1) is 12.7. The molecule has 3 heteroatoms. The van der Waals surface area contributed by atoms with Crippen LogP contribution in [0.1, 0.15) is 31.7 Å². The third-order valence-electron chi connectivity index (χ3n) is 2.36. The van der Waals surface area contributed by atoms with Crippen molar-refractivity contribution in [3.63, 3.8) is 0 Å². The zero-order valence-electron chi connectivity index (χ0n) is 9.63. The standard InChI is InChI=1S/C13H18FNO/c1-2-3-4-8-15-13(16)10-11-6-5-7-12(14)9-11/h5-7,9H,2-4,8,10H2,1H3,(H,15,16). The lowest BCUT2D eigenvalue weighted by Gasteiger charge is -2.04. The third kappa shape index (κ3) is 4.91. The first-order valence-corrected chi connectivity index (χ1v) is 5.73. The predicted molar refractivity (Wildman–Crippen MR) is 62.6 cm³/mol. The molecule has 0 aliphatic heterocycles. The van der Waals surface area contributed by atoms with Gasteiger partial charge in [-0.25, -0.2) is 4.39 Å². The molecule has 0 radical (unpaired) electrons. The van der Waals surface area contributed by atoms with Gasteiger partial charge in [0.15, 0.2) is 0 Å². The Kier molecular flexibility index (Phi) is 5.54. The largest absolute Gasteiger partial charge is 0.356 e. The lowest BCUT2D eigenvalue weighted by atomic mass is 10.1. The Morgan fingerprint density at radius 3 is 2.88 bits per heavy atom. The Bertz CT molecular complexity index is 338. The topological polar surface area (TPSA) is 29.1 Å². The first-order chi connectivity index (χ1) is 7.72. The molecule has 0 aliphatic rings. The highest BCUT2D eigenvalue weighted by Gasteiger charge is 2.03. The van der Waals surface area contributed by atoms with Gasteiger partial charge in [-0.2, -0.15) is 0 Å². The summed E-state index contributed by atoms with van der Waals surface area (Å²) in [4.78, 5) is 11.5. The minimum absolute atomic E-state index is 0.0401. The molecule has 1 rings (SSSR count). The summed E-state index contributed by atoms with van der Waals surface area (Å²) >= 11 is 0. The molecule has 16 heavy (non-hydrogen) atoms. The summed E-state index contributed by atoms with van der Waals surface area (Å²) in [7, 11) is 0. The molecule has 0 saturated heterocycles. The lowest BCUT2D eigenvalue weighted by Crippen LogP contribution is -2.26. The van der Waals surface area contributed by atoms with Gasteiger partial charge in [0.05, 0.1) is 6.42 Å². The van der Waals surface area contributed by atoms with Crippen molar-refractivity contribution in [2.45, 2.75) is 32.6 Å². The van der Waals surface area contributed by atoms with Crippen LogP contribution in [0.4, 0.5) is 4.39 Å². The van der Waals surface area contributed by atoms with Crippen molar-refractivity contribution in [1.29, 1.82) is 0 Å². The molecule has 1 N–H and O–H groups in total. The van der Waals surface area contributed by atoms with E-state index in [-0.39, 0.29) is 18.1 Å². The molecule has 0 heterocycles. The van der Waals surface area contributed by atoms with Crippen molar-refractivity contribution >= 4 is 5.91 Å². The Morgan fingerprint density at radius 2 is 2.19 bits per heavy atom. The molecule has 0 aromatic heterocycles. The molecule has 88 valence electrons. The van der Waals surface area contributed by atoms with Crippen LogP contribution in [0.2, 0.25) is 0 Å². The van der Waals surface area contributed by atoms with Crippen molar-refractivity contribution in [2.75, 3.05) is 6.54 Å². The number of hydrogen-bond donors (Lipinski definition) is 1. The van der Waals surface area contributed by atoms with Gasteiger partial charge in [-0.05, 0) is 24.1 Å². The van der Waals surface area contributed by atoms with Gasteiger partial charge in [0.25, 0.3) is 0 Å². The molecule has 0 saturated carbocycles. The minimum atomic E-state index is -0.295. The first-order valence-electron chi connectivity index (χ1n) is 5.73. The van der Waals surface area contributed by atoms with E-state index < -0.39 is 0 Å². The summed E-state index contributed by atoms with van der Waals surface area (Å²) in [5, 5.41) is 2.82. The fraction of sp³-hybridized carbons (Fsp3) is 0.462. The van der Waals surface area contributed by atoms with Crippen molar-refractivity contribution in [3.8, 4) is 0 Å². The van der Waals surface area contributed by atoms with Crippen LogP contribution in [-0.2, 0) is 11.2 Å². The predicted octanol–water partition coefficient (Wildman–Crippen LogP) is 2.67. The van der Waals surface area contributed by atoms with Crippen molar-refractivity contribution in [2.24, 2.45) is 0 Å². The number of carbonyl (C=O) groups is 1. The monoisotopic (exact) mass is 223 g/mol. The second-order valence-corrected chi connectivity index (χ2v) is 3.86. The van der Waals surface area contributed by atoms with Crippen molar-refractivity contribution in [3.05, 3.63) is 35.6 Å². The number of rotatable bonds is 6. The van der Waals surface area contributed by atoms with Gasteiger partial charge < -0.3 is 5.32 Å². The Balaban J connectivity index is 2.29. The maximum atomic E-state index is 12.8. The smallest absolute Gasteiger partial charge is 0.224 e. The average molecular weight is 223 g/mol. The summed E-state index contributed by atoms with van der Waals surface area (Å²) in [6.45, 7) is 2.83. The van der Waals surface area contributed by atoms with E-state index in [1.807, 2.05) is 0 Å². The highest BCUT2D eigenvalue weighted by atomic mass is 19.1. The van der Waals surface area contributed by atoms with Crippen LogP contribution in [0.3, 0.4) is 0 Å². The van der Waals surface area contributed by atoms with E-state index in [0.29, 0.717) is 12.1 Å². The molecule has 1 aromatic carbocycles. The number of nitrogens with one attached hydrogen (secondary N) is 1. The normalized spacial score (nSPS) is 10.1. The quantitative estimate of drug-likeness (QED) is 0.738. The molecule has 0 spiro atoms. The van der Waals surface area contributed by atoms with E-state index in [9.17, 15) is 9.18 Å². The molecular formula is C13H18FNO. The molecule has 0 aliphatic carbocycles. The highest BCUT2D eigenvalue weighted by Crippen LogP contribution is 2.04. The maximum absolute atomic E-state index is 12.8. The van der Waals surface area contributed by atoms with E-state index in [4.69, 9.17) is 0 Å². The van der Waals surface area contributed by atoms with E-state index in [0.717, 1.165) is 19.3 Å². The molecular weight excluding hydrogens is 205 g/mol. The summed E-state index contributed by atoms with van der Waals surface area (Å²) < 4.78 is 12.8. The Hall–Kier alpha value is -1.38. The third-order valence-corrected chi connectivity index (χ3v) is 2.36. The number of benzene rings is 1. The number of amides is 1. The van der Waals surface area contributed by atoms with Gasteiger partial charge in [-0.1, -0.05) is 31.9 Å². The van der Waals surface area contributed by atoms with Gasteiger partial charge in [0.2, 0.25) is 5.91 Å². The highest BCUT2D eigenvalue weighted by molar-refractivity contribution is 5.78. The molecule has 2 nitrogen and oxygen atoms in total. The van der Waals surface area contributed by atoms with Gasteiger partial charge in [0, 0.05) is 6.54 Å². The summed E-state index contributed by atoms with van der Waals surface area (Å²) in [5.74, 6) is -0.335. The number of unbranched alkanes of at least 4 members (excludes halogenated alkanes) is 2. The summed E-state index contributed by atoms with van der Waals surface area (Å²) in [6, 6.07) is 6.15. The Morgan fingerprint density at radius 1 is 1.38 bits per heavy atom. The molecule has 0 fully saturated rings. The van der Waals surface area contributed by atoms with Crippen molar-refractivity contribution in [1.82, 2.24) is 5.32 Å². The molecule has 1 amide bonds. The lowest BCUT2D eigenvalue weighted by molar-refractivity contribution is -0.120. The van der Waals surface area contributed by atoms with E-state index in [1.165, 1.54) is 12.1 Å². The summed E-state index contributed by atoms with van der Waals surface area (Å²) in [6.07, 6.45) is 3.52. The second kappa shape index (κ2) is 6.99. The molecule has 0 atom stereocenters. The van der Waals surface area contributed by atoms with Crippen LogP contribution in [0.5, 0.6) is 0 Å². The fourth-order valence-electron chi connectivity index (χ4n) is 1.50. The minimum Gasteiger partial charge on any atom is -0.356 e. The van der Waals surface area contributed by atoms with Crippen LogP contribution < -0.4 is 5.32 Å². The van der Waals surface area contributed by atoms with Gasteiger partial charge >= 0.3 is 0 Å². The van der Waals surface area contributed by atoms with Crippen LogP contribution in [0.25, 0.3) is 0 Å². The maximum Gasteiger partial charge on any atom is 0.224 e. The second-order valence-electron chi connectivity index (χ2n) is 3.86. The van der Waals surface area contributed by atoms with Gasteiger partial charge in [-0.3, -0.25) is 4.79 Å². The van der Waals surface area contributed by atoms with Crippen LogP contribution in [0.15, 0.2) is 24.3 Å². The zero-order chi connectivity index (χ0) is 11.8. The molecule has 1 aromatic rings. The zero-order valence-corrected chi connectivity index (χ0v) is 9.63. The van der Waals surface area contributed by atoms with Crippen LogP contribution in [-0.4, -0.2) is 12.5 Å². The average Bonchev–Trinajstić information content (AvgIpc) is 2.24. The SMILES string of the molecule is CCCCCNC(=O)Cc1cccc(F)c1. The molecule has 0 unspecified atom stereocenters. The fourth-order valence-corrected chi connectivity index (χ4v) is 1.50. The van der Waals surface area contributed by atoms with Crippen LogP contribution in [0, 0.1) is 5.82 Å². The van der Waals surface area contributed by atoms with E-state index in [1.54, 1.807) is 12.1 Å². The van der Waals surface area contributed by atoms with Crippen molar-refractivity contribution < 1.29 is 9.18 Å². The molecule has 0 bridgehead atoms. The number of carbonyl (C=O) groups excluding carboxylic acids is 1. The van der Waals surface area contributed by atoms with E-state index in [2.05, 4.69) is 12.2 Å². The number of hydrogen-bond acceptors (Lipinski definition) is 1.